The van der Waals surface area contributed by atoms with E-state index in [9.17, 15) is 28.8 Å². The van der Waals surface area contributed by atoms with Crippen LogP contribution in [0.15, 0.2) is 0 Å². The number of Topliss-reactive ketones (excluding diaryl/α,β-unsaturated/α-hetero) is 3. The lowest BCUT2D eigenvalue weighted by Crippen LogP contribution is -2.44. The first kappa shape index (κ1) is 24.4. The molecule has 0 aliphatic carbocycles. The Hall–Kier alpha value is -2.62. The van der Waals surface area contributed by atoms with Crippen LogP contribution in [-0.2, 0) is 28.8 Å². The average Bonchev–Trinajstić information content (AvgIpc) is 2.62. The average molecular weight is 384 g/mol. The highest BCUT2D eigenvalue weighted by molar-refractivity contribution is 5.90. The fourth-order valence-corrected chi connectivity index (χ4v) is 2.07. The fraction of sp³-hybridized carbons (Fsp3) is 0.647. The van der Waals surface area contributed by atoms with Crippen LogP contribution in [0.1, 0.15) is 39.0 Å². The number of carbonyl (C=O) groups excluding carboxylic acids is 6. The predicted octanol–water partition coefficient (Wildman–Crippen LogP) is -1.69. The van der Waals surface area contributed by atoms with Gasteiger partial charge in [-0.15, -0.1) is 0 Å². The molecule has 0 atom stereocenters. The normalized spacial score (nSPS) is 10.3. The highest BCUT2D eigenvalue weighted by atomic mass is 16.2. The number of amides is 3. The summed E-state index contributed by atoms with van der Waals surface area (Å²) in [6.07, 6.45) is 0.271. The lowest BCUT2D eigenvalue weighted by molar-refractivity contribution is -0.130. The summed E-state index contributed by atoms with van der Waals surface area (Å²) >= 11 is 0. The minimum atomic E-state index is -0.618. The zero-order valence-corrected chi connectivity index (χ0v) is 15.8. The maximum absolute atomic E-state index is 12.0. The summed E-state index contributed by atoms with van der Waals surface area (Å²) in [5.74, 6) is -2.20. The first-order chi connectivity index (χ1) is 12.7. The molecular weight excluding hydrogens is 356 g/mol. The van der Waals surface area contributed by atoms with E-state index in [1.165, 1.54) is 11.9 Å². The van der Waals surface area contributed by atoms with E-state index in [1.54, 1.807) is 6.92 Å². The van der Waals surface area contributed by atoms with Crippen molar-refractivity contribution >= 4 is 35.1 Å². The number of nitrogens with two attached hydrogens (primary N) is 1. The van der Waals surface area contributed by atoms with Gasteiger partial charge < -0.3 is 16.4 Å². The van der Waals surface area contributed by atoms with Crippen LogP contribution in [0, 0.1) is 0 Å². The lowest BCUT2D eigenvalue weighted by Gasteiger charge is -2.20. The van der Waals surface area contributed by atoms with E-state index in [0.717, 1.165) is 0 Å². The SMILES string of the molecule is CCC(=O)CCC(=O)CN(CC(=O)CCC(N)=O)CC(=O)NCC(=O)NC. The van der Waals surface area contributed by atoms with Crippen LogP contribution >= 0.6 is 0 Å². The highest BCUT2D eigenvalue weighted by Gasteiger charge is 2.19. The molecule has 0 unspecified atom stereocenters. The second-order valence-electron chi connectivity index (χ2n) is 6.03. The number of nitrogens with one attached hydrogen (secondary N) is 2. The van der Waals surface area contributed by atoms with Crippen molar-refractivity contribution in [1.82, 2.24) is 15.5 Å². The van der Waals surface area contributed by atoms with Gasteiger partial charge in [0.2, 0.25) is 17.7 Å². The summed E-state index contributed by atoms with van der Waals surface area (Å²) in [6, 6.07) is 0. The molecule has 27 heavy (non-hydrogen) atoms. The van der Waals surface area contributed by atoms with Gasteiger partial charge in [0.25, 0.3) is 0 Å². The third-order valence-corrected chi connectivity index (χ3v) is 3.62. The molecule has 0 spiro atoms. The zero-order chi connectivity index (χ0) is 20.8. The van der Waals surface area contributed by atoms with Gasteiger partial charge in [-0.25, -0.2) is 0 Å². The minimum absolute atomic E-state index is 0.0263. The number of primary amides is 1. The Kier molecular flexibility index (Phi) is 12.2. The van der Waals surface area contributed by atoms with Crippen molar-refractivity contribution in [3.63, 3.8) is 0 Å². The van der Waals surface area contributed by atoms with Gasteiger partial charge in [0.05, 0.1) is 26.2 Å². The largest absolute Gasteiger partial charge is 0.370 e. The molecule has 152 valence electrons. The van der Waals surface area contributed by atoms with Gasteiger partial charge in [-0.05, 0) is 0 Å². The van der Waals surface area contributed by atoms with E-state index < -0.39 is 11.8 Å². The van der Waals surface area contributed by atoms with E-state index in [2.05, 4.69) is 10.6 Å². The molecule has 0 aromatic rings. The number of ketones is 3. The van der Waals surface area contributed by atoms with Crippen LogP contribution in [0.3, 0.4) is 0 Å². The number of nitrogens with zero attached hydrogens (tertiary/aromatic N) is 1. The third-order valence-electron chi connectivity index (χ3n) is 3.62. The number of hydrogen-bond acceptors (Lipinski definition) is 7. The first-order valence-corrected chi connectivity index (χ1v) is 8.70. The quantitative estimate of drug-likeness (QED) is 0.304. The second kappa shape index (κ2) is 13.6. The second-order valence-corrected chi connectivity index (χ2v) is 6.03. The van der Waals surface area contributed by atoms with Gasteiger partial charge in [0, 0.05) is 39.2 Å². The van der Waals surface area contributed by atoms with Gasteiger partial charge >= 0.3 is 0 Å². The van der Waals surface area contributed by atoms with Crippen molar-refractivity contribution in [2.24, 2.45) is 5.73 Å². The summed E-state index contributed by atoms with van der Waals surface area (Å²) in [5, 5.41) is 4.72. The Labute approximate surface area is 158 Å². The zero-order valence-electron chi connectivity index (χ0n) is 15.8. The Balaban J connectivity index is 4.72. The summed E-state index contributed by atoms with van der Waals surface area (Å²) in [7, 11) is 1.43. The van der Waals surface area contributed by atoms with Crippen LogP contribution in [0.5, 0.6) is 0 Å². The van der Waals surface area contributed by atoms with Crippen molar-refractivity contribution in [1.29, 1.82) is 0 Å². The predicted molar refractivity (Wildman–Crippen MR) is 96.5 cm³/mol. The number of carbonyl (C=O) groups is 6. The molecule has 3 amide bonds. The molecule has 0 bridgehead atoms. The Morgan fingerprint density at radius 3 is 1.78 bits per heavy atom. The minimum Gasteiger partial charge on any atom is -0.370 e. The summed E-state index contributed by atoms with van der Waals surface area (Å²) in [5.41, 5.74) is 5.00. The van der Waals surface area contributed by atoms with Gasteiger partial charge in [0.15, 0.2) is 0 Å². The van der Waals surface area contributed by atoms with E-state index in [4.69, 9.17) is 5.73 Å². The summed E-state index contributed by atoms with van der Waals surface area (Å²) in [4.78, 5) is 70.5. The summed E-state index contributed by atoms with van der Waals surface area (Å²) in [6.45, 7) is 0.804. The monoisotopic (exact) mass is 384 g/mol. The molecule has 10 nitrogen and oxygen atoms in total. The molecule has 0 fully saturated rings. The molecule has 0 saturated carbocycles. The van der Waals surface area contributed by atoms with Crippen molar-refractivity contribution in [3.05, 3.63) is 0 Å². The molecule has 0 aromatic carbocycles. The molecule has 0 radical (unpaired) electrons. The Morgan fingerprint density at radius 1 is 0.778 bits per heavy atom. The van der Waals surface area contributed by atoms with Crippen LogP contribution in [-0.4, -0.2) is 73.2 Å². The van der Waals surface area contributed by atoms with E-state index in [1.807, 2.05) is 0 Å². The number of likely N-dealkylation sites (N-methyl/N-ethyl adjacent to an activating group) is 1. The molecule has 4 N–H and O–H groups in total. The highest BCUT2D eigenvalue weighted by Crippen LogP contribution is 2.01. The standard InChI is InChI=1S/C17H28N4O6/c1-3-12(22)4-5-13(23)9-21(10-14(24)6-7-15(18)25)11-17(27)20-8-16(26)19-2/h3-11H2,1-2H3,(H2,18,25)(H,19,26)(H,20,27). The van der Waals surface area contributed by atoms with Gasteiger partial charge in [0.1, 0.15) is 17.3 Å². The van der Waals surface area contributed by atoms with Gasteiger partial charge in [-0.2, -0.15) is 0 Å². The van der Waals surface area contributed by atoms with Crippen molar-refractivity contribution in [3.8, 4) is 0 Å². The van der Waals surface area contributed by atoms with Crippen LogP contribution in [0.4, 0.5) is 0 Å². The topological polar surface area (TPSA) is 156 Å². The third kappa shape index (κ3) is 13.3. The number of rotatable bonds is 15. The van der Waals surface area contributed by atoms with Crippen molar-refractivity contribution < 1.29 is 28.8 Å². The maximum Gasteiger partial charge on any atom is 0.239 e. The van der Waals surface area contributed by atoms with Gasteiger partial charge in [-0.1, -0.05) is 6.92 Å². The Bertz CT molecular complexity index is 542. The molecule has 10 heteroatoms. The molecular formula is C17H28N4O6. The van der Waals surface area contributed by atoms with Crippen LogP contribution in [0.25, 0.3) is 0 Å². The smallest absolute Gasteiger partial charge is 0.239 e. The lowest BCUT2D eigenvalue weighted by atomic mass is 10.1. The first-order valence-electron chi connectivity index (χ1n) is 8.70. The Morgan fingerprint density at radius 2 is 1.30 bits per heavy atom. The van der Waals surface area contributed by atoms with Crippen molar-refractivity contribution in [2.45, 2.75) is 39.0 Å². The van der Waals surface area contributed by atoms with E-state index >= 15 is 0 Å². The summed E-state index contributed by atoms with van der Waals surface area (Å²) < 4.78 is 0. The van der Waals surface area contributed by atoms with Crippen LogP contribution < -0.4 is 16.4 Å². The molecule has 0 aliphatic heterocycles. The molecule has 0 aromatic heterocycles. The molecule has 0 heterocycles. The van der Waals surface area contributed by atoms with Crippen molar-refractivity contribution in [2.75, 3.05) is 33.2 Å². The van der Waals surface area contributed by atoms with E-state index in [-0.39, 0.29) is 75.1 Å². The fourth-order valence-electron chi connectivity index (χ4n) is 2.07. The molecule has 0 saturated heterocycles. The molecule has 0 rings (SSSR count). The maximum atomic E-state index is 12.0. The van der Waals surface area contributed by atoms with Gasteiger partial charge in [-0.3, -0.25) is 33.7 Å². The van der Waals surface area contributed by atoms with Crippen LogP contribution in [0.2, 0.25) is 0 Å². The van der Waals surface area contributed by atoms with E-state index in [0.29, 0.717) is 6.42 Å². The number of hydrogen-bond donors (Lipinski definition) is 3. The molecule has 0 aliphatic rings.